The minimum absolute atomic E-state index is 0.000199. The first-order valence-electron chi connectivity index (χ1n) is 8.39. The van der Waals surface area contributed by atoms with Gasteiger partial charge in [0, 0.05) is 5.02 Å². The number of hydrogen-bond acceptors (Lipinski definition) is 6. The molecule has 0 aliphatic rings. The standard InChI is InChI=1S/C18H22ClN5O2S/c1-11(2)18(4,10-20)22-16(25)9-27-17-21-15(23-24-17)8-26-13-5-6-14(19)12(3)7-13/h5-7,11H,8-9H2,1-4H3,(H,22,25)(H,21,23,24)/t18-/m0/s1. The lowest BCUT2D eigenvalue weighted by atomic mass is 9.90. The van der Waals surface area contributed by atoms with Crippen LogP contribution in [0.4, 0.5) is 0 Å². The van der Waals surface area contributed by atoms with Crippen LogP contribution in [0.1, 0.15) is 32.2 Å². The van der Waals surface area contributed by atoms with Crippen molar-refractivity contribution >= 4 is 29.3 Å². The summed E-state index contributed by atoms with van der Waals surface area (Å²) in [6.07, 6.45) is 0. The van der Waals surface area contributed by atoms with Gasteiger partial charge >= 0.3 is 0 Å². The van der Waals surface area contributed by atoms with Crippen molar-refractivity contribution in [3.8, 4) is 11.8 Å². The number of nitrogens with zero attached hydrogens (tertiary/aromatic N) is 3. The van der Waals surface area contributed by atoms with E-state index >= 15 is 0 Å². The summed E-state index contributed by atoms with van der Waals surface area (Å²) in [6, 6.07) is 7.55. The van der Waals surface area contributed by atoms with Crippen LogP contribution in [-0.2, 0) is 11.4 Å². The summed E-state index contributed by atoms with van der Waals surface area (Å²) in [5, 5.41) is 20.0. The number of aromatic nitrogens is 3. The zero-order chi connectivity index (χ0) is 20.0. The lowest BCUT2D eigenvalue weighted by molar-refractivity contribution is -0.120. The second kappa shape index (κ2) is 9.11. The Labute approximate surface area is 167 Å². The zero-order valence-corrected chi connectivity index (χ0v) is 17.2. The molecule has 0 saturated heterocycles. The van der Waals surface area contributed by atoms with Crippen LogP contribution in [0, 0.1) is 24.2 Å². The predicted molar refractivity (Wildman–Crippen MR) is 105 cm³/mol. The summed E-state index contributed by atoms with van der Waals surface area (Å²) in [4.78, 5) is 16.4. The van der Waals surface area contributed by atoms with Gasteiger partial charge in [-0.25, -0.2) is 4.98 Å². The van der Waals surface area contributed by atoms with E-state index in [-0.39, 0.29) is 24.2 Å². The van der Waals surface area contributed by atoms with Gasteiger partial charge in [0.2, 0.25) is 11.1 Å². The molecule has 9 heteroatoms. The van der Waals surface area contributed by atoms with E-state index in [9.17, 15) is 10.1 Å². The van der Waals surface area contributed by atoms with Gasteiger partial charge in [0.1, 0.15) is 17.9 Å². The summed E-state index contributed by atoms with van der Waals surface area (Å²) in [5.41, 5.74) is 0.0339. The Morgan fingerprint density at radius 1 is 1.52 bits per heavy atom. The second-order valence-corrected chi connectivity index (χ2v) is 7.92. The summed E-state index contributed by atoms with van der Waals surface area (Å²) in [6.45, 7) is 7.61. The second-order valence-electron chi connectivity index (χ2n) is 6.57. The van der Waals surface area contributed by atoms with Crippen molar-refractivity contribution in [1.82, 2.24) is 20.5 Å². The Bertz CT molecular complexity index is 849. The molecule has 1 atom stereocenters. The number of hydrogen-bond donors (Lipinski definition) is 2. The maximum Gasteiger partial charge on any atom is 0.231 e. The van der Waals surface area contributed by atoms with Crippen molar-refractivity contribution in [2.45, 2.75) is 45.0 Å². The molecule has 0 aliphatic carbocycles. The van der Waals surface area contributed by atoms with Gasteiger partial charge in [0.15, 0.2) is 5.82 Å². The van der Waals surface area contributed by atoms with Crippen LogP contribution in [0.25, 0.3) is 0 Å². The molecule has 27 heavy (non-hydrogen) atoms. The van der Waals surface area contributed by atoms with Gasteiger partial charge in [0.05, 0.1) is 11.8 Å². The van der Waals surface area contributed by atoms with E-state index in [2.05, 4.69) is 26.6 Å². The zero-order valence-electron chi connectivity index (χ0n) is 15.7. The van der Waals surface area contributed by atoms with Gasteiger partial charge in [-0.2, -0.15) is 5.26 Å². The number of halogens is 1. The molecule has 0 fully saturated rings. The summed E-state index contributed by atoms with van der Waals surface area (Å²) >= 11 is 7.18. The number of rotatable bonds is 8. The molecule has 144 valence electrons. The van der Waals surface area contributed by atoms with Crippen molar-refractivity contribution in [3.63, 3.8) is 0 Å². The van der Waals surface area contributed by atoms with Crippen molar-refractivity contribution in [3.05, 3.63) is 34.6 Å². The van der Waals surface area contributed by atoms with E-state index in [1.165, 1.54) is 11.8 Å². The highest BCUT2D eigenvalue weighted by Gasteiger charge is 2.29. The quantitative estimate of drug-likeness (QED) is 0.649. The van der Waals surface area contributed by atoms with Crippen LogP contribution in [0.5, 0.6) is 5.75 Å². The van der Waals surface area contributed by atoms with Gasteiger partial charge in [-0.05, 0) is 43.5 Å². The third-order valence-electron chi connectivity index (χ3n) is 4.13. The van der Waals surface area contributed by atoms with Crippen LogP contribution < -0.4 is 10.1 Å². The molecule has 2 aromatic rings. The minimum Gasteiger partial charge on any atom is -0.486 e. The number of benzene rings is 1. The highest BCUT2D eigenvalue weighted by atomic mass is 35.5. The third kappa shape index (κ3) is 5.88. The Balaban J connectivity index is 1.84. The first kappa shape index (κ1) is 21.1. The molecule has 2 rings (SSSR count). The van der Waals surface area contributed by atoms with Gasteiger partial charge in [-0.3, -0.25) is 9.89 Å². The van der Waals surface area contributed by atoms with Crippen LogP contribution in [0.3, 0.4) is 0 Å². The number of thioether (sulfide) groups is 1. The van der Waals surface area contributed by atoms with Crippen molar-refractivity contribution < 1.29 is 9.53 Å². The number of aryl methyl sites for hydroxylation is 1. The fourth-order valence-electron chi connectivity index (χ4n) is 2.02. The van der Waals surface area contributed by atoms with Gasteiger partial charge in [-0.15, -0.1) is 5.10 Å². The smallest absolute Gasteiger partial charge is 0.231 e. The number of H-pyrrole nitrogens is 1. The molecule has 0 saturated carbocycles. The Morgan fingerprint density at radius 3 is 2.89 bits per heavy atom. The maximum atomic E-state index is 12.1. The number of carbonyl (C=O) groups is 1. The highest BCUT2D eigenvalue weighted by Crippen LogP contribution is 2.22. The fraction of sp³-hybridized carbons (Fsp3) is 0.444. The topological polar surface area (TPSA) is 104 Å². The van der Waals surface area contributed by atoms with Gasteiger partial charge in [-0.1, -0.05) is 37.2 Å². The normalized spacial score (nSPS) is 13.1. The molecule has 0 unspecified atom stereocenters. The molecule has 1 aromatic carbocycles. The van der Waals surface area contributed by atoms with Crippen molar-refractivity contribution in [2.24, 2.45) is 5.92 Å². The number of amides is 1. The molecule has 0 radical (unpaired) electrons. The third-order valence-corrected chi connectivity index (χ3v) is 5.41. The van der Waals surface area contributed by atoms with E-state index in [1.807, 2.05) is 26.8 Å². The average molecular weight is 408 g/mol. The summed E-state index contributed by atoms with van der Waals surface area (Å²) in [7, 11) is 0. The Morgan fingerprint density at radius 2 is 2.26 bits per heavy atom. The Hall–Kier alpha value is -2.24. The molecule has 7 nitrogen and oxygen atoms in total. The van der Waals surface area contributed by atoms with Crippen LogP contribution >= 0.6 is 23.4 Å². The monoisotopic (exact) mass is 407 g/mol. The van der Waals surface area contributed by atoms with Crippen LogP contribution in [-0.4, -0.2) is 32.4 Å². The molecule has 1 heterocycles. The number of nitriles is 1. The molecule has 0 bridgehead atoms. The van der Waals surface area contributed by atoms with Gasteiger partial charge < -0.3 is 10.1 Å². The van der Waals surface area contributed by atoms with E-state index in [0.29, 0.717) is 21.8 Å². The van der Waals surface area contributed by atoms with E-state index in [1.54, 1.807) is 19.1 Å². The molecule has 1 amide bonds. The number of nitrogens with one attached hydrogen (secondary N) is 2. The highest BCUT2D eigenvalue weighted by molar-refractivity contribution is 7.99. The van der Waals surface area contributed by atoms with E-state index < -0.39 is 5.54 Å². The molecular weight excluding hydrogens is 386 g/mol. The Kier molecular flexibility index (Phi) is 7.11. The molecule has 2 N–H and O–H groups in total. The maximum absolute atomic E-state index is 12.1. The summed E-state index contributed by atoms with van der Waals surface area (Å²) in [5.74, 6) is 1.12. The number of ether oxygens (including phenoxy) is 1. The molecule has 1 aromatic heterocycles. The molecule has 0 spiro atoms. The van der Waals surface area contributed by atoms with Crippen molar-refractivity contribution in [2.75, 3.05) is 5.75 Å². The number of carbonyl (C=O) groups excluding carboxylic acids is 1. The summed E-state index contributed by atoms with van der Waals surface area (Å²) < 4.78 is 5.66. The minimum atomic E-state index is -0.896. The van der Waals surface area contributed by atoms with Gasteiger partial charge in [0.25, 0.3) is 0 Å². The SMILES string of the molecule is Cc1cc(OCc2nc(SCC(=O)N[C@@](C)(C#N)C(C)C)n[nH]2)ccc1Cl. The lowest BCUT2D eigenvalue weighted by Gasteiger charge is -2.27. The van der Waals surface area contributed by atoms with Crippen LogP contribution in [0.2, 0.25) is 5.02 Å². The van der Waals surface area contributed by atoms with Crippen LogP contribution in [0.15, 0.2) is 23.4 Å². The van der Waals surface area contributed by atoms with Crippen molar-refractivity contribution in [1.29, 1.82) is 5.26 Å². The largest absolute Gasteiger partial charge is 0.486 e. The molecule has 0 aliphatic heterocycles. The predicted octanol–water partition coefficient (Wildman–Crippen LogP) is 3.49. The first-order valence-corrected chi connectivity index (χ1v) is 9.75. The molecular formula is C18H22ClN5O2S. The van der Waals surface area contributed by atoms with E-state index in [4.69, 9.17) is 16.3 Å². The lowest BCUT2D eigenvalue weighted by Crippen LogP contribution is -2.49. The van der Waals surface area contributed by atoms with E-state index in [0.717, 1.165) is 5.56 Å². The first-order chi connectivity index (χ1) is 12.7. The number of aromatic amines is 1. The average Bonchev–Trinajstić information content (AvgIpc) is 3.08. The fourth-order valence-corrected chi connectivity index (χ4v) is 2.76.